The summed E-state index contributed by atoms with van der Waals surface area (Å²) in [7, 11) is 1.71. The molecule has 128 valence electrons. The Morgan fingerprint density at radius 2 is 2.17 bits per heavy atom. The first-order chi connectivity index (χ1) is 11.2. The maximum absolute atomic E-state index is 12.7. The summed E-state index contributed by atoms with van der Waals surface area (Å²) in [4.78, 5) is 27.2. The highest BCUT2D eigenvalue weighted by atomic mass is 32.2. The molecule has 3 rings (SSSR count). The molecule has 0 bridgehead atoms. The van der Waals surface area contributed by atoms with Crippen molar-refractivity contribution in [1.29, 1.82) is 0 Å². The fraction of sp³-hybridized carbons (Fsp3) is 0.412. The molecule has 1 aliphatic heterocycles. The van der Waals surface area contributed by atoms with Crippen LogP contribution in [0.15, 0.2) is 33.8 Å². The second kappa shape index (κ2) is 6.05. The Labute approximate surface area is 144 Å². The average Bonchev–Trinajstić information content (AvgIpc) is 2.90. The third-order valence-electron chi connectivity index (χ3n) is 3.62. The van der Waals surface area contributed by atoms with Crippen LogP contribution < -0.4 is 10.2 Å². The molecule has 7 heteroatoms. The van der Waals surface area contributed by atoms with Crippen LogP contribution in [0.5, 0.6) is 0 Å². The smallest absolute Gasteiger partial charge is 0.408 e. The number of likely N-dealkylation sites (N-methyl/N-ethyl adjacent to an activating group) is 1. The van der Waals surface area contributed by atoms with Gasteiger partial charge in [0.05, 0.1) is 12.0 Å². The third-order valence-corrected chi connectivity index (χ3v) is 4.76. The van der Waals surface area contributed by atoms with Gasteiger partial charge in [-0.25, -0.2) is 4.79 Å². The molecular formula is C17H20N2O4S. The van der Waals surface area contributed by atoms with E-state index in [1.54, 1.807) is 39.0 Å². The highest BCUT2D eigenvalue weighted by Crippen LogP contribution is 2.37. The van der Waals surface area contributed by atoms with Crippen LogP contribution in [0.1, 0.15) is 20.8 Å². The Morgan fingerprint density at radius 3 is 2.88 bits per heavy atom. The molecule has 1 unspecified atom stereocenters. The number of carbonyl (C=O) groups excluding carboxylic acids is 2. The van der Waals surface area contributed by atoms with Crippen LogP contribution in [0.2, 0.25) is 0 Å². The van der Waals surface area contributed by atoms with Crippen LogP contribution in [-0.4, -0.2) is 36.4 Å². The molecule has 0 spiro atoms. The van der Waals surface area contributed by atoms with Crippen molar-refractivity contribution in [2.75, 3.05) is 17.7 Å². The molecule has 1 aliphatic rings. The number of hydrogen-bond donors (Lipinski definition) is 1. The summed E-state index contributed by atoms with van der Waals surface area (Å²) >= 11 is 1.51. The van der Waals surface area contributed by atoms with Gasteiger partial charge in [-0.05, 0) is 39.0 Å². The number of hydrogen-bond acceptors (Lipinski definition) is 5. The first kappa shape index (κ1) is 16.7. The first-order valence-corrected chi connectivity index (χ1v) is 8.64. The fourth-order valence-electron chi connectivity index (χ4n) is 2.51. The average molecular weight is 348 g/mol. The Hall–Kier alpha value is -2.15. The first-order valence-electron chi connectivity index (χ1n) is 7.66. The molecule has 0 radical (unpaired) electrons. The highest BCUT2D eigenvalue weighted by Gasteiger charge is 2.31. The normalized spacial score (nSPS) is 18.2. The molecule has 2 amide bonds. The number of thioether (sulfide) groups is 1. The van der Waals surface area contributed by atoms with Crippen molar-refractivity contribution in [2.45, 2.75) is 37.3 Å². The molecule has 0 saturated heterocycles. The van der Waals surface area contributed by atoms with Crippen molar-refractivity contribution < 1.29 is 18.7 Å². The largest absolute Gasteiger partial charge is 0.464 e. The van der Waals surface area contributed by atoms with E-state index < -0.39 is 17.7 Å². The van der Waals surface area contributed by atoms with Crippen LogP contribution in [0, 0.1) is 0 Å². The maximum Gasteiger partial charge on any atom is 0.408 e. The second-order valence-electron chi connectivity index (χ2n) is 6.69. The molecule has 0 saturated carbocycles. The third kappa shape index (κ3) is 3.36. The Balaban J connectivity index is 1.82. The van der Waals surface area contributed by atoms with E-state index in [0.29, 0.717) is 5.75 Å². The van der Waals surface area contributed by atoms with Gasteiger partial charge in [-0.1, -0.05) is 0 Å². The van der Waals surface area contributed by atoms with E-state index in [2.05, 4.69) is 5.32 Å². The van der Waals surface area contributed by atoms with Gasteiger partial charge < -0.3 is 19.4 Å². The second-order valence-corrected chi connectivity index (χ2v) is 7.75. The van der Waals surface area contributed by atoms with Crippen LogP contribution in [0.4, 0.5) is 10.5 Å². The number of furan rings is 1. The minimum atomic E-state index is -0.645. The number of amides is 2. The summed E-state index contributed by atoms with van der Waals surface area (Å²) in [5.41, 5.74) is 0.984. The monoisotopic (exact) mass is 348 g/mol. The molecule has 6 nitrogen and oxygen atoms in total. The van der Waals surface area contributed by atoms with E-state index in [-0.39, 0.29) is 5.91 Å². The Kier molecular flexibility index (Phi) is 4.21. The lowest BCUT2D eigenvalue weighted by atomic mass is 10.2. The molecule has 1 atom stereocenters. The number of ether oxygens (including phenoxy) is 1. The molecule has 0 aliphatic carbocycles. The zero-order valence-corrected chi connectivity index (χ0v) is 14.9. The van der Waals surface area contributed by atoms with Crippen LogP contribution in [-0.2, 0) is 9.53 Å². The zero-order chi connectivity index (χ0) is 17.5. The van der Waals surface area contributed by atoms with Gasteiger partial charge in [0.2, 0.25) is 5.91 Å². The van der Waals surface area contributed by atoms with Gasteiger partial charge >= 0.3 is 6.09 Å². The van der Waals surface area contributed by atoms with Gasteiger partial charge in [0, 0.05) is 23.1 Å². The van der Waals surface area contributed by atoms with Crippen LogP contribution in [0.25, 0.3) is 11.0 Å². The molecule has 0 fully saturated rings. The molecule has 2 aromatic rings. The van der Waals surface area contributed by atoms with E-state index in [4.69, 9.17) is 9.15 Å². The van der Waals surface area contributed by atoms with Crippen LogP contribution >= 0.6 is 11.8 Å². The van der Waals surface area contributed by atoms with Gasteiger partial charge in [-0.2, -0.15) is 0 Å². The summed E-state index contributed by atoms with van der Waals surface area (Å²) in [6.07, 6.45) is 1.04. The van der Waals surface area contributed by atoms with E-state index in [9.17, 15) is 9.59 Å². The van der Waals surface area contributed by atoms with Crippen LogP contribution in [0.3, 0.4) is 0 Å². The van der Waals surface area contributed by atoms with Crippen molar-refractivity contribution in [3.8, 4) is 0 Å². The van der Waals surface area contributed by atoms with Crippen molar-refractivity contribution in [2.24, 2.45) is 0 Å². The molecule has 2 heterocycles. The zero-order valence-electron chi connectivity index (χ0n) is 14.1. The standard InChI is InChI=1S/C17H20N2O4S/c1-17(2,3)23-16(21)18-11-9-24-14-8-13-10(5-6-22-13)7-12(14)19(4)15(11)20/h5-8,11H,9H2,1-4H3,(H,18,21). The molecule has 1 aromatic heterocycles. The number of nitrogens with zero attached hydrogens (tertiary/aromatic N) is 1. The van der Waals surface area contributed by atoms with Crippen molar-refractivity contribution in [3.05, 3.63) is 24.5 Å². The van der Waals surface area contributed by atoms with Crippen molar-refractivity contribution >= 4 is 40.4 Å². The summed E-state index contributed by atoms with van der Waals surface area (Å²) in [5.74, 6) is 0.261. The lowest BCUT2D eigenvalue weighted by Crippen LogP contribution is -2.49. The van der Waals surface area contributed by atoms with E-state index in [0.717, 1.165) is 21.6 Å². The number of carbonyl (C=O) groups is 2. The van der Waals surface area contributed by atoms with E-state index in [1.807, 2.05) is 18.2 Å². The SMILES string of the molecule is CN1C(=O)C(NC(=O)OC(C)(C)C)CSc2cc3occc3cc21. The topological polar surface area (TPSA) is 71.8 Å². The maximum atomic E-state index is 12.7. The van der Waals surface area contributed by atoms with Gasteiger partial charge in [0.1, 0.15) is 17.2 Å². The minimum Gasteiger partial charge on any atom is -0.464 e. The lowest BCUT2D eigenvalue weighted by Gasteiger charge is -2.24. The van der Waals surface area contributed by atoms with Gasteiger partial charge in [-0.15, -0.1) is 11.8 Å². The molecular weight excluding hydrogens is 328 g/mol. The number of benzene rings is 1. The van der Waals surface area contributed by atoms with Gasteiger partial charge in [0.15, 0.2) is 0 Å². The quantitative estimate of drug-likeness (QED) is 0.855. The number of anilines is 1. The van der Waals surface area contributed by atoms with Crippen molar-refractivity contribution in [3.63, 3.8) is 0 Å². The number of fused-ring (bicyclic) bond motifs is 2. The molecule has 1 aromatic carbocycles. The van der Waals surface area contributed by atoms with Crippen molar-refractivity contribution in [1.82, 2.24) is 5.32 Å². The lowest BCUT2D eigenvalue weighted by molar-refractivity contribution is -0.119. The summed E-state index contributed by atoms with van der Waals surface area (Å²) < 4.78 is 10.7. The molecule has 1 N–H and O–H groups in total. The summed E-state index contributed by atoms with van der Waals surface area (Å²) in [6.45, 7) is 5.35. The Bertz CT molecular complexity index is 793. The number of rotatable bonds is 1. The van der Waals surface area contributed by atoms with Gasteiger partial charge in [0.25, 0.3) is 0 Å². The predicted molar refractivity (Wildman–Crippen MR) is 93.5 cm³/mol. The van der Waals surface area contributed by atoms with E-state index >= 15 is 0 Å². The van der Waals surface area contributed by atoms with E-state index in [1.165, 1.54) is 11.8 Å². The number of nitrogens with one attached hydrogen (secondary N) is 1. The predicted octanol–water partition coefficient (Wildman–Crippen LogP) is 3.39. The highest BCUT2D eigenvalue weighted by molar-refractivity contribution is 7.99. The Morgan fingerprint density at radius 1 is 1.42 bits per heavy atom. The summed E-state index contributed by atoms with van der Waals surface area (Å²) in [6, 6.07) is 5.07. The van der Waals surface area contributed by atoms with Gasteiger partial charge in [-0.3, -0.25) is 4.79 Å². The summed E-state index contributed by atoms with van der Waals surface area (Å²) in [5, 5.41) is 3.61. The minimum absolute atomic E-state index is 0.171. The fourth-order valence-corrected chi connectivity index (χ4v) is 3.61. The molecule has 24 heavy (non-hydrogen) atoms. The number of alkyl carbamates (subject to hydrolysis) is 1.